The number of aryl methyl sites for hydroxylation is 3. The van der Waals surface area contributed by atoms with Gasteiger partial charge in [0.25, 0.3) is 5.89 Å². The van der Waals surface area contributed by atoms with E-state index in [1.807, 2.05) is 35.9 Å². The Labute approximate surface area is 146 Å². The Morgan fingerprint density at radius 3 is 3.04 bits per heavy atom. The zero-order chi connectivity index (χ0) is 17.2. The number of hydrogen-bond acceptors (Lipinski definition) is 6. The largest absolute Gasteiger partial charge is 0.334 e. The molecule has 0 spiro atoms. The van der Waals surface area contributed by atoms with Crippen molar-refractivity contribution in [1.82, 2.24) is 30.2 Å². The Morgan fingerprint density at radius 2 is 2.20 bits per heavy atom. The van der Waals surface area contributed by atoms with Gasteiger partial charge in [0.2, 0.25) is 0 Å². The van der Waals surface area contributed by atoms with Crippen molar-refractivity contribution in [2.45, 2.75) is 52.2 Å². The van der Waals surface area contributed by atoms with Gasteiger partial charge in [0.15, 0.2) is 11.6 Å². The lowest BCUT2D eigenvalue weighted by Gasteiger charge is -2.22. The van der Waals surface area contributed by atoms with E-state index < -0.39 is 0 Å². The summed E-state index contributed by atoms with van der Waals surface area (Å²) in [5, 5.41) is 12.1. The highest BCUT2D eigenvalue weighted by Crippen LogP contribution is 2.18. The molecular weight excluding hydrogens is 316 g/mol. The molecule has 1 unspecified atom stereocenters. The van der Waals surface area contributed by atoms with Gasteiger partial charge in [-0.25, -0.2) is 9.67 Å². The summed E-state index contributed by atoms with van der Waals surface area (Å²) in [4.78, 5) is 9.04. The summed E-state index contributed by atoms with van der Waals surface area (Å²) in [5.74, 6) is 3.26. The van der Waals surface area contributed by atoms with Crippen molar-refractivity contribution in [1.29, 1.82) is 0 Å². The molecular formula is C18H22N6O. The second-order valence-electron chi connectivity index (χ2n) is 6.48. The molecule has 3 aromatic rings. The van der Waals surface area contributed by atoms with Gasteiger partial charge < -0.3 is 9.84 Å². The number of fused-ring (bicyclic) bond motifs is 1. The molecule has 0 amide bonds. The molecule has 3 heterocycles. The van der Waals surface area contributed by atoms with E-state index in [1.165, 1.54) is 5.56 Å². The third-order valence-electron chi connectivity index (χ3n) is 4.50. The van der Waals surface area contributed by atoms with Crippen LogP contribution in [-0.2, 0) is 25.9 Å². The fourth-order valence-corrected chi connectivity index (χ4v) is 3.13. The van der Waals surface area contributed by atoms with Crippen LogP contribution in [0.25, 0.3) is 11.5 Å². The minimum Gasteiger partial charge on any atom is -0.334 e. The van der Waals surface area contributed by atoms with Crippen LogP contribution in [0.3, 0.4) is 0 Å². The molecule has 130 valence electrons. The first-order valence-corrected chi connectivity index (χ1v) is 8.77. The third kappa shape index (κ3) is 3.46. The second-order valence-corrected chi connectivity index (χ2v) is 6.48. The third-order valence-corrected chi connectivity index (χ3v) is 4.50. The van der Waals surface area contributed by atoms with E-state index >= 15 is 0 Å². The number of rotatable bonds is 5. The molecule has 0 aliphatic carbocycles. The lowest BCUT2D eigenvalue weighted by molar-refractivity contribution is 0.350. The highest BCUT2D eigenvalue weighted by molar-refractivity contribution is 5.53. The van der Waals surface area contributed by atoms with Gasteiger partial charge in [-0.3, -0.25) is 0 Å². The number of aromatic nitrogens is 5. The lowest BCUT2D eigenvalue weighted by atomic mass is 10.1. The second kappa shape index (κ2) is 6.76. The predicted molar refractivity (Wildman–Crippen MR) is 92.8 cm³/mol. The molecule has 1 aliphatic heterocycles. The van der Waals surface area contributed by atoms with Gasteiger partial charge in [-0.15, -0.1) is 0 Å². The molecule has 1 aromatic carbocycles. The number of nitrogens with one attached hydrogen (secondary N) is 1. The molecule has 1 atom stereocenters. The summed E-state index contributed by atoms with van der Waals surface area (Å²) < 4.78 is 7.41. The van der Waals surface area contributed by atoms with Crippen molar-refractivity contribution in [3.63, 3.8) is 0 Å². The van der Waals surface area contributed by atoms with Crippen molar-refractivity contribution < 1.29 is 4.52 Å². The van der Waals surface area contributed by atoms with Crippen LogP contribution in [0, 0.1) is 6.92 Å². The van der Waals surface area contributed by atoms with Crippen LogP contribution in [0.15, 0.2) is 28.8 Å². The zero-order valence-corrected chi connectivity index (χ0v) is 14.6. The van der Waals surface area contributed by atoms with E-state index in [0.29, 0.717) is 24.3 Å². The monoisotopic (exact) mass is 338 g/mol. The van der Waals surface area contributed by atoms with E-state index in [4.69, 9.17) is 4.52 Å². The van der Waals surface area contributed by atoms with Gasteiger partial charge in [-0.1, -0.05) is 29.8 Å². The quantitative estimate of drug-likeness (QED) is 0.769. The topological polar surface area (TPSA) is 81.7 Å². The van der Waals surface area contributed by atoms with Gasteiger partial charge in [0, 0.05) is 24.4 Å². The van der Waals surface area contributed by atoms with Crippen molar-refractivity contribution in [2.24, 2.45) is 0 Å². The molecule has 1 aliphatic rings. The first-order chi connectivity index (χ1) is 12.2. The number of nitrogens with zero attached hydrogens (tertiary/aromatic N) is 5. The van der Waals surface area contributed by atoms with Crippen LogP contribution in [-0.4, -0.2) is 30.9 Å². The fraction of sp³-hybridized carbons (Fsp3) is 0.444. The molecule has 1 N–H and O–H groups in total. The van der Waals surface area contributed by atoms with E-state index in [1.54, 1.807) is 0 Å². The predicted octanol–water partition coefficient (Wildman–Crippen LogP) is 2.30. The molecule has 0 saturated carbocycles. The lowest BCUT2D eigenvalue weighted by Crippen LogP contribution is -2.37. The smallest absolute Gasteiger partial charge is 0.257 e. The number of hydrogen-bond donors (Lipinski definition) is 1. The van der Waals surface area contributed by atoms with E-state index in [9.17, 15) is 0 Å². The molecule has 25 heavy (non-hydrogen) atoms. The van der Waals surface area contributed by atoms with Crippen molar-refractivity contribution in [3.8, 4) is 11.5 Å². The van der Waals surface area contributed by atoms with Crippen LogP contribution in [0.1, 0.15) is 36.4 Å². The standard InChI is InChI=1S/C18H22N6O/c1-3-15-20-17-8-7-14(11-24(17)22-15)19-10-16-21-18(25-23-16)13-6-4-5-12(2)9-13/h4-6,9,14,19H,3,7-8,10-11H2,1-2H3. The maximum absolute atomic E-state index is 5.39. The molecule has 0 fully saturated rings. The first-order valence-electron chi connectivity index (χ1n) is 8.77. The zero-order valence-electron chi connectivity index (χ0n) is 14.6. The Balaban J connectivity index is 1.38. The van der Waals surface area contributed by atoms with Crippen LogP contribution >= 0.6 is 0 Å². The Kier molecular flexibility index (Phi) is 4.31. The molecule has 4 rings (SSSR count). The Hall–Kier alpha value is -2.54. The summed E-state index contributed by atoms with van der Waals surface area (Å²) in [6.45, 7) is 5.56. The minimum atomic E-state index is 0.347. The van der Waals surface area contributed by atoms with Crippen LogP contribution in [0.5, 0.6) is 0 Å². The normalized spacial score (nSPS) is 16.8. The maximum atomic E-state index is 5.39. The average Bonchev–Trinajstić information content (AvgIpc) is 3.26. The highest BCUT2D eigenvalue weighted by atomic mass is 16.5. The average molecular weight is 338 g/mol. The molecule has 7 heteroatoms. The van der Waals surface area contributed by atoms with Gasteiger partial charge >= 0.3 is 0 Å². The van der Waals surface area contributed by atoms with Gasteiger partial charge in [-0.2, -0.15) is 10.1 Å². The number of benzene rings is 1. The van der Waals surface area contributed by atoms with Gasteiger partial charge in [0.1, 0.15) is 5.82 Å². The molecule has 0 saturated heterocycles. The SMILES string of the molecule is CCc1nc2n(n1)CC(NCc1noc(-c3cccc(C)c3)n1)CC2. The fourth-order valence-electron chi connectivity index (χ4n) is 3.13. The summed E-state index contributed by atoms with van der Waals surface area (Å²) in [7, 11) is 0. The van der Waals surface area contributed by atoms with Crippen molar-refractivity contribution >= 4 is 0 Å². The highest BCUT2D eigenvalue weighted by Gasteiger charge is 2.21. The molecule has 0 radical (unpaired) electrons. The van der Waals surface area contributed by atoms with E-state index in [2.05, 4.69) is 32.5 Å². The Morgan fingerprint density at radius 1 is 1.28 bits per heavy atom. The van der Waals surface area contributed by atoms with Crippen LogP contribution < -0.4 is 5.32 Å². The molecule has 0 bridgehead atoms. The summed E-state index contributed by atoms with van der Waals surface area (Å²) in [6.07, 6.45) is 2.87. The maximum Gasteiger partial charge on any atom is 0.257 e. The Bertz CT molecular complexity index is 868. The van der Waals surface area contributed by atoms with Gasteiger partial charge in [-0.05, 0) is 25.5 Å². The molecule has 7 nitrogen and oxygen atoms in total. The van der Waals surface area contributed by atoms with Gasteiger partial charge in [0.05, 0.1) is 13.1 Å². The summed E-state index contributed by atoms with van der Waals surface area (Å²) >= 11 is 0. The van der Waals surface area contributed by atoms with Crippen LogP contribution in [0.4, 0.5) is 0 Å². The minimum absolute atomic E-state index is 0.347. The first kappa shape index (κ1) is 16.0. The van der Waals surface area contributed by atoms with Crippen LogP contribution in [0.2, 0.25) is 0 Å². The summed E-state index contributed by atoms with van der Waals surface area (Å²) in [5.41, 5.74) is 2.13. The van der Waals surface area contributed by atoms with E-state index in [0.717, 1.165) is 43.0 Å². The van der Waals surface area contributed by atoms with Crippen molar-refractivity contribution in [3.05, 3.63) is 47.3 Å². The van der Waals surface area contributed by atoms with E-state index in [-0.39, 0.29) is 0 Å². The summed E-state index contributed by atoms with van der Waals surface area (Å²) in [6, 6.07) is 8.42. The molecule has 2 aromatic heterocycles. The van der Waals surface area contributed by atoms with Crippen molar-refractivity contribution in [2.75, 3.05) is 0 Å².